The summed E-state index contributed by atoms with van der Waals surface area (Å²) in [6.07, 6.45) is 1.79. The summed E-state index contributed by atoms with van der Waals surface area (Å²) in [4.78, 5) is 29.9. The van der Waals surface area contributed by atoms with Crippen LogP contribution in [0.25, 0.3) is 0 Å². The molecule has 2 heterocycles. The third kappa shape index (κ3) is 4.69. The zero-order chi connectivity index (χ0) is 22.4. The summed E-state index contributed by atoms with van der Waals surface area (Å²) in [5.74, 6) is 0.177. The molecular weight excluding hydrogens is 402 g/mol. The Morgan fingerprint density at radius 3 is 2.68 bits per heavy atom. The number of benzene rings is 1. The Bertz CT molecular complexity index is 1030. The van der Waals surface area contributed by atoms with Crippen molar-refractivity contribution in [1.82, 2.24) is 20.4 Å². The second kappa shape index (κ2) is 9.52. The van der Waals surface area contributed by atoms with E-state index >= 15 is 0 Å². The van der Waals surface area contributed by atoms with Crippen molar-refractivity contribution in [2.75, 3.05) is 37.9 Å². The SMILES string of the molecule is CNC(=O)c1nnc(NC(=O)N2CCC2)cc1Nc1cccc(C(N)=NC=N)c1OC. The van der Waals surface area contributed by atoms with Crippen LogP contribution in [0.3, 0.4) is 0 Å². The van der Waals surface area contributed by atoms with Crippen LogP contribution in [0.2, 0.25) is 0 Å². The smallest absolute Gasteiger partial charge is 0.323 e. The van der Waals surface area contributed by atoms with Crippen LogP contribution in [0.15, 0.2) is 29.3 Å². The molecule has 31 heavy (non-hydrogen) atoms. The first-order valence-electron chi connectivity index (χ1n) is 9.40. The summed E-state index contributed by atoms with van der Waals surface area (Å²) in [7, 11) is 2.94. The maximum Gasteiger partial charge on any atom is 0.323 e. The van der Waals surface area contributed by atoms with Gasteiger partial charge in [-0.3, -0.25) is 15.5 Å². The number of hydrogen-bond donors (Lipinski definition) is 5. The number of anilines is 3. The average Bonchev–Trinajstić information content (AvgIpc) is 2.72. The lowest BCUT2D eigenvalue weighted by Crippen LogP contribution is -2.44. The molecule has 1 aromatic heterocycles. The van der Waals surface area contributed by atoms with Crippen LogP contribution in [0.4, 0.5) is 22.0 Å². The van der Waals surface area contributed by atoms with E-state index in [9.17, 15) is 9.59 Å². The number of aliphatic imine (C=N–C) groups is 1. The summed E-state index contributed by atoms with van der Waals surface area (Å²) in [6.45, 7) is 1.37. The molecule has 3 rings (SSSR count). The van der Waals surface area contributed by atoms with Crippen LogP contribution in [0.1, 0.15) is 22.5 Å². The Morgan fingerprint density at radius 1 is 1.29 bits per heavy atom. The number of aromatic nitrogens is 2. The summed E-state index contributed by atoms with van der Waals surface area (Å²) >= 11 is 0. The highest BCUT2D eigenvalue weighted by Gasteiger charge is 2.22. The molecule has 12 heteroatoms. The van der Waals surface area contributed by atoms with Crippen molar-refractivity contribution < 1.29 is 14.3 Å². The zero-order valence-electron chi connectivity index (χ0n) is 17.1. The number of carbonyl (C=O) groups excluding carboxylic acids is 2. The Balaban J connectivity index is 1.98. The number of methoxy groups -OCH3 is 1. The van der Waals surface area contributed by atoms with Crippen LogP contribution in [0, 0.1) is 5.41 Å². The Morgan fingerprint density at radius 2 is 2.06 bits per heavy atom. The van der Waals surface area contributed by atoms with Gasteiger partial charge in [-0.15, -0.1) is 10.2 Å². The lowest BCUT2D eigenvalue weighted by atomic mass is 10.1. The predicted octanol–water partition coefficient (Wildman–Crippen LogP) is 1.14. The third-order valence-corrected chi connectivity index (χ3v) is 4.58. The number of amides is 3. The highest BCUT2D eigenvalue weighted by atomic mass is 16.5. The lowest BCUT2D eigenvalue weighted by molar-refractivity contribution is 0.0958. The number of hydrogen-bond acceptors (Lipinski definition) is 7. The fourth-order valence-electron chi connectivity index (χ4n) is 2.88. The van der Waals surface area contributed by atoms with E-state index in [1.165, 1.54) is 20.2 Å². The molecule has 1 fully saturated rings. The number of rotatable bonds is 7. The third-order valence-electron chi connectivity index (χ3n) is 4.58. The molecule has 1 aliphatic rings. The van der Waals surface area contributed by atoms with E-state index in [1.54, 1.807) is 23.1 Å². The van der Waals surface area contributed by atoms with Crippen LogP contribution < -0.4 is 26.4 Å². The van der Waals surface area contributed by atoms with Crippen LogP contribution in [-0.4, -0.2) is 66.5 Å². The molecule has 0 spiro atoms. The van der Waals surface area contributed by atoms with Gasteiger partial charge in [0.1, 0.15) is 12.2 Å². The molecule has 0 unspecified atom stereocenters. The van der Waals surface area contributed by atoms with E-state index < -0.39 is 5.91 Å². The molecular formula is C19H23N9O3. The van der Waals surface area contributed by atoms with E-state index in [0.29, 0.717) is 35.8 Å². The van der Waals surface area contributed by atoms with Crippen molar-refractivity contribution in [3.05, 3.63) is 35.5 Å². The number of nitrogens with zero attached hydrogens (tertiary/aromatic N) is 4. The molecule has 1 aliphatic heterocycles. The summed E-state index contributed by atoms with van der Waals surface area (Å²) in [5.41, 5.74) is 7.18. The summed E-state index contributed by atoms with van der Waals surface area (Å²) < 4.78 is 5.48. The van der Waals surface area contributed by atoms with Gasteiger partial charge in [0, 0.05) is 26.2 Å². The Hall–Kier alpha value is -4.22. The first kappa shape index (κ1) is 21.5. The number of nitrogens with two attached hydrogens (primary N) is 1. The minimum absolute atomic E-state index is 0.0260. The van der Waals surface area contributed by atoms with E-state index in [1.807, 2.05) is 0 Å². The van der Waals surface area contributed by atoms with E-state index in [-0.39, 0.29) is 23.4 Å². The van der Waals surface area contributed by atoms with Gasteiger partial charge in [-0.05, 0) is 18.6 Å². The monoisotopic (exact) mass is 425 g/mol. The van der Waals surface area contributed by atoms with Crippen molar-refractivity contribution in [3.63, 3.8) is 0 Å². The van der Waals surface area contributed by atoms with Gasteiger partial charge < -0.3 is 26.0 Å². The number of para-hydroxylation sites is 1. The fourth-order valence-corrected chi connectivity index (χ4v) is 2.88. The lowest BCUT2D eigenvalue weighted by Gasteiger charge is -2.30. The Labute approximate surface area is 178 Å². The summed E-state index contributed by atoms with van der Waals surface area (Å²) in [5, 5.41) is 23.3. The molecule has 0 bridgehead atoms. The maximum absolute atomic E-state index is 12.3. The van der Waals surface area contributed by atoms with E-state index in [0.717, 1.165) is 12.8 Å². The highest BCUT2D eigenvalue weighted by Crippen LogP contribution is 2.32. The minimum Gasteiger partial charge on any atom is -0.494 e. The van der Waals surface area contributed by atoms with Crippen molar-refractivity contribution >= 4 is 41.3 Å². The molecule has 0 aliphatic carbocycles. The second-order valence-corrected chi connectivity index (χ2v) is 6.50. The summed E-state index contributed by atoms with van der Waals surface area (Å²) in [6, 6.07) is 6.35. The standard InChI is InChI=1S/C19H23N9O3/c1-22-18(29)15-13(9-14(26-27-15)25-19(30)28-7-4-8-28)24-12-6-3-5-11(16(12)31-2)17(21)23-10-20/h3,5-6,9-10H,4,7-8H2,1-2H3,(H,22,29)(H3,20,21,23)(H2,24,25,26,30). The van der Waals surface area contributed by atoms with E-state index in [4.69, 9.17) is 15.9 Å². The van der Waals surface area contributed by atoms with Gasteiger partial charge in [-0.1, -0.05) is 6.07 Å². The average molecular weight is 425 g/mol. The number of ether oxygens (including phenoxy) is 1. The maximum atomic E-state index is 12.3. The largest absolute Gasteiger partial charge is 0.494 e. The van der Waals surface area contributed by atoms with Gasteiger partial charge in [0.05, 0.1) is 24.0 Å². The van der Waals surface area contributed by atoms with Gasteiger partial charge in [0.2, 0.25) is 0 Å². The second-order valence-electron chi connectivity index (χ2n) is 6.50. The number of nitrogens with one attached hydrogen (secondary N) is 4. The van der Waals surface area contributed by atoms with Crippen LogP contribution >= 0.6 is 0 Å². The number of carbonyl (C=O) groups is 2. The first-order chi connectivity index (χ1) is 15.0. The van der Waals surface area contributed by atoms with Crippen LogP contribution in [-0.2, 0) is 0 Å². The molecule has 6 N–H and O–H groups in total. The molecule has 12 nitrogen and oxygen atoms in total. The zero-order valence-corrected chi connectivity index (χ0v) is 17.1. The minimum atomic E-state index is -0.462. The molecule has 3 amide bonds. The van der Waals surface area contributed by atoms with Gasteiger partial charge in [-0.2, -0.15) is 0 Å². The molecule has 1 aromatic carbocycles. The highest BCUT2D eigenvalue weighted by molar-refractivity contribution is 6.05. The molecule has 0 atom stereocenters. The quantitative estimate of drug-likeness (QED) is 0.327. The van der Waals surface area contributed by atoms with Gasteiger partial charge in [0.25, 0.3) is 5.91 Å². The van der Waals surface area contributed by atoms with E-state index in [2.05, 4.69) is 31.1 Å². The molecule has 162 valence electrons. The molecule has 2 aromatic rings. The van der Waals surface area contributed by atoms with Crippen molar-refractivity contribution in [3.8, 4) is 5.75 Å². The topological polar surface area (TPSA) is 171 Å². The van der Waals surface area contributed by atoms with Crippen molar-refractivity contribution in [2.45, 2.75) is 6.42 Å². The number of likely N-dealkylation sites (tertiary alicyclic amines) is 1. The molecule has 1 saturated heterocycles. The van der Waals surface area contributed by atoms with Gasteiger partial charge in [0.15, 0.2) is 17.3 Å². The van der Waals surface area contributed by atoms with Crippen molar-refractivity contribution in [2.24, 2.45) is 10.7 Å². The Kier molecular flexibility index (Phi) is 6.60. The van der Waals surface area contributed by atoms with Gasteiger partial charge in [-0.25, -0.2) is 9.79 Å². The van der Waals surface area contributed by atoms with Crippen LogP contribution in [0.5, 0.6) is 5.75 Å². The number of amidine groups is 1. The molecule has 0 radical (unpaired) electrons. The predicted molar refractivity (Wildman–Crippen MR) is 116 cm³/mol. The van der Waals surface area contributed by atoms with Crippen molar-refractivity contribution in [1.29, 1.82) is 5.41 Å². The fraction of sp³-hybridized carbons (Fsp3) is 0.263. The molecule has 0 saturated carbocycles. The normalized spacial score (nSPS) is 13.1. The number of urea groups is 1. The van der Waals surface area contributed by atoms with Gasteiger partial charge >= 0.3 is 6.03 Å². The first-order valence-corrected chi connectivity index (χ1v) is 9.40.